The van der Waals surface area contributed by atoms with Gasteiger partial charge in [-0.25, -0.2) is 8.42 Å². The fraction of sp³-hybridized carbons (Fsp3) is 0.188. The predicted molar refractivity (Wildman–Crippen MR) is 80.9 cm³/mol. The number of rotatable bonds is 5. The molecule has 0 heterocycles. The zero-order valence-corrected chi connectivity index (χ0v) is 12.5. The minimum absolute atomic E-state index is 0.0642. The topological polar surface area (TPSA) is 83.5 Å². The van der Waals surface area contributed by atoms with Crippen molar-refractivity contribution in [2.75, 3.05) is 0 Å². The molecular weight excluding hydrogens is 302 g/mol. The van der Waals surface area contributed by atoms with Gasteiger partial charge in [0.15, 0.2) is 0 Å². The Morgan fingerprint density at radius 1 is 1.05 bits per heavy atom. The first-order valence-corrected chi connectivity index (χ1v) is 8.31. The number of carboxylic acids is 1. The van der Waals surface area contributed by atoms with Crippen molar-refractivity contribution in [3.63, 3.8) is 0 Å². The third-order valence-corrected chi connectivity index (χ3v) is 5.44. The number of hydrogen-bond donors (Lipinski definition) is 2. The molecule has 2 aromatic carbocycles. The first-order valence-electron chi connectivity index (χ1n) is 6.83. The van der Waals surface area contributed by atoms with Gasteiger partial charge in [-0.05, 0) is 24.1 Å². The standard InChI is InChI=1S/C16H15NO4S/c18-15(19)16(11-14(16)12-7-3-1-4-8-12)17-22(20,21)13-9-5-2-6-10-13/h1-10,14,17H,11H2,(H,18,19). The van der Waals surface area contributed by atoms with Gasteiger partial charge in [0, 0.05) is 5.92 Å². The number of nitrogens with one attached hydrogen (secondary N) is 1. The second-order valence-electron chi connectivity index (χ2n) is 5.36. The minimum Gasteiger partial charge on any atom is -0.480 e. The van der Waals surface area contributed by atoms with Crippen molar-refractivity contribution in [3.8, 4) is 0 Å². The lowest BCUT2D eigenvalue weighted by Gasteiger charge is -2.15. The Balaban J connectivity index is 1.91. The van der Waals surface area contributed by atoms with Crippen LogP contribution in [0.5, 0.6) is 0 Å². The Kier molecular flexibility index (Phi) is 3.50. The van der Waals surface area contributed by atoms with E-state index in [4.69, 9.17) is 0 Å². The van der Waals surface area contributed by atoms with Crippen LogP contribution < -0.4 is 4.72 Å². The van der Waals surface area contributed by atoms with E-state index in [0.717, 1.165) is 5.56 Å². The highest BCUT2D eigenvalue weighted by Gasteiger charge is 2.63. The summed E-state index contributed by atoms with van der Waals surface area (Å²) < 4.78 is 27.2. The molecule has 0 amide bonds. The van der Waals surface area contributed by atoms with Gasteiger partial charge in [0.1, 0.15) is 5.54 Å². The molecule has 2 atom stereocenters. The Morgan fingerprint density at radius 2 is 1.59 bits per heavy atom. The van der Waals surface area contributed by atoms with Crippen molar-refractivity contribution in [1.29, 1.82) is 0 Å². The van der Waals surface area contributed by atoms with Crippen LogP contribution in [0.2, 0.25) is 0 Å². The van der Waals surface area contributed by atoms with Crippen molar-refractivity contribution >= 4 is 16.0 Å². The van der Waals surface area contributed by atoms with Gasteiger partial charge in [0.05, 0.1) is 4.90 Å². The number of benzene rings is 2. The molecule has 0 aromatic heterocycles. The molecule has 1 saturated carbocycles. The summed E-state index contributed by atoms with van der Waals surface area (Å²) in [5.41, 5.74) is -0.642. The average molecular weight is 317 g/mol. The van der Waals surface area contributed by atoms with Crippen LogP contribution >= 0.6 is 0 Å². The fourth-order valence-corrected chi connectivity index (χ4v) is 4.07. The minimum atomic E-state index is -3.87. The number of hydrogen-bond acceptors (Lipinski definition) is 3. The number of sulfonamides is 1. The van der Waals surface area contributed by atoms with Gasteiger partial charge < -0.3 is 5.11 Å². The van der Waals surface area contributed by atoms with E-state index in [-0.39, 0.29) is 17.2 Å². The summed E-state index contributed by atoms with van der Waals surface area (Å²) in [4.78, 5) is 11.7. The van der Waals surface area contributed by atoms with Crippen molar-refractivity contribution in [2.45, 2.75) is 22.8 Å². The Bertz CT molecular complexity index is 789. The molecule has 6 heteroatoms. The molecule has 2 N–H and O–H groups in total. The lowest BCUT2D eigenvalue weighted by atomic mass is 10.1. The lowest BCUT2D eigenvalue weighted by molar-refractivity contribution is -0.140. The van der Waals surface area contributed by atoms with Gasteiger partial charge in [-0.3, -0.25) is 4.79 Å². The van der Waals surface area contributed by atoms with Gasteiger partial charge in [-0.2, -0.15) is 4.72 Å². The van der Waals surface area contributed by atoms with Gasteiger partial charge in [-0.1, -0.05) is 48.5 Å². The van der Waals surface area contributed by atoms with Crippen LogP contribution in [-0.4, -0.2) is 25.0 Å². The fourth-order valence-electron chi connectivity index (χ4n) is 2.64. The van der Waals surface area contributed by atoms with Gasteiger partial charge in [0.2, 0.25) is 10.0 Å². The van der Waals surface area contributed by atoms with Crippen LogP contribution in [0.1, 0.15) is 17.9 Å². The Hall–Kier alpha value is -2.18. The molecule has 1 aliphatic rings. The molecule has 1 fully saturated rings. The summed E-state index contributed by atoms with van der Waals surface area (Å²) in [6.45, 7) is 0. The van der Waals surface area contributed by atoms with Crippen LogP contribution in [0.4, 0.5) is 0 Å². The molecule has 0 aliphatic heterocycles. The second kappa shape index (κ2) is 5.23. The smallest absolute Gasteiger partial charge is 0.325 e. The van der Waals surface area contributed by atoms with E-state index in [2.05, 4.69) is 4.72 Å². The first kappa shape index (κ1) is 14.7. The lowest BCUT2D eigenvalue weighted by Crippen LogP contribution is -2.44. The highest BCUT2D eigenvalue weighted by Crippen LogP contribution is 2.52. The SMILES string of the molecule is O=C(O)C1(NS(=O)(=O)c2ccccc2)CC1c1ccccc1. The quantitative estimate of drug-likeness (QED) is 0.883. The van der Waals surface area contributed by atoms with Crippen molar-refractivity contribution in [2.24, 2.45) is 0 Å². The summed E-state index contributed by atoms with van der Waals surface area (Å²) >= 11 is 0. The van der Waals surface area contributed by atoms with Crippen LogP contribution in [0.3, 0.4) is 0 Å². The van der Waals surface area contributed by atoms with E-state index >= 15 is 0 Å². The molecule has 0 bridgehead atoms. The van der Waals surface area contributed by atoms with Gasteiger partial charge in [0.25, 0.3) is 0 Å². The summed E-state index contributed by atoms with van der Waals surface area (Å²) in [5, 5.41) is 9.52. The number of carbonyl (C=O) groups is 1. The van der Waals surface area contributed by atoms with E-state index in [0.29, 0.717) is 0 Å². The molecular formula is C16H15NO4S. The largest absolute Gasteiger partial charge is 0.480 e. The second-order valence-corrected chi connectivity index (χ2v) is 7.04. The highest BCUT2D eigenvalue weighted by atomic mass is 32.2. The normalized spacial score (nSPS) is 23.9. The molecule has 3 rings (SSSR count). The summed E-state index contributed by atoms with van der Waals surface area (Å²) in [5.74, 6) is -1.51. The average Bonchev–Trinajstić information content (AvgIpc) is 3.24. The van der Waals surface area contributed by atoms with Gasteiger partial charge >= 0.3 is 5.97 Å². The Labute approximate surface area is 128 Å². The molecule has 2 aromatic rings. The van der Waals surface area contributed by atoms with Crippen LogP contribution in [0.15, 0.2) is 65.6 Å². The molecule has 2 unspecified atom stereocenters. The molecule has 0 saturated heterocycles. The predicted octanol–water partition coefficient (Wildman–Crippen LogP) is 1.98. The molecule has 22 heavy (non-hydrogen) atoms. The molecule has 0 spiro atoms. The maximum absolute atomic E-state index is 12.4. The van der Waals surface area contributed by atoms with Crippen molar-refractivity contribution < 1.29 is 18.3 Å². The third kappa shape index (κ3) is 2.51. The summed E-state index contributed by atoms with van der Waals surface area (Å²) in [6.07, 6.45) is 0.248. The van der Waals surface area contributed by atoms with Crippen molar-refractivity contribution in [1.82, 2.24) is 4.72 Å². The maximum Gasteiger partial charge on any atom is 0.325 e. The third-order valence-electron chi connectivity index (χ3n) is 3.91. The summed E-state index contributed by atoms with van der Waals surface area (Å²) in [7, 11) is -3.87. The molecule has 1 aliphatic carbocycles. The highest BCUT2D eigenvalue weighted by molar-refractivity contribution is 7.89. The zero-order chi connectivity index (χ0) is 15.8. The zero-order valence-electron chi connectivity index (χ0n) is 11.6. The molecule has 114 valence electrons. The van der Waals surface area contributed by atoms with E-state index in [1.807, 2.05) is 30.3 Å². The van der Waals surface area contributed by atoms with E-state index in [9.17, 15) is 18.3 Å². The number of carboxylic acid groups (broad SMARTS) is 1. The van der Waals surface area contributed by atoms with Gasteiger partial charge in [-0.15, -0.1) is 0 Å². The van der Waals surface area contributed by atoms with Crippen molar-refractivity contribution in [3.05, 3.63) is 66.2 Å². The molecule has 5 nitrogen and oxygen atoms in total. The summed E-state index contributed by atoms with van der Waals surface area (Å²) in [6, 6.07) is 16.9. The van der Waals surface area contributed by atoms with Crippen LogP contribution in [-0.2, 0) is 14.8 Å². The maximum atomic E-state index is 12.4. The van der Waals surface area contributed by atoms with E-state index in [1.54, 1.807) is 18.2 Å². The van der Waals surface area contributed by atoms with Crippen LogP contribution in [0.25, 0.3) is 0 Å². The monoisotopic (exact) mass is 317 g/mol. The Morgan fingerprint density at radius 3 is 2.14 bits per heavy atom. The van der Waals surface area contributed by atoms with E-state index in [1.165, 1.54) is 12.1 Å². The first-order chi connectivity index (χ1) is 10.5. The van der Waals surface area contributed by atoms with E-state index < -0.39 is 21.5 Å². The molecule has 0 radical (unpaired) electrons. The number of aliphatic carboxylic acids is 1. The van der Waals surface area contributed by atoms with Crippen LogP contribution in [0, 0.1) is 0 Å².